The molecule has 0 atom stereocenters. The zero-order valence-electron chi connectivity index (χ0n) is 20.9. The standard InChI is InChI=1S/C35H22BrN3.CH4/c36-31-16-6-7-17-32(31)39(23-10-2-1-3-11-23)24-18-19-26-25-12-4-5-13-27(25)35(30(26)22-24)28-14-8-20-37-33(28)34-29(35)15-9-21-38-34;/h1-22H;1H4. The van der Waals surface area contributed by atoms with Crippen molar-refractivity contribution in [3.05, 3.63) is 160 Å². The van der Waals surface area contributed by atoms with Crippen molar-refractivity contribution in [3.63, 3.8) is 0 Å². The normalized spacial score (nSPS) is 13.1. The highest BCUT2D eigenvalue weighted by Gasteiger charge is 2.52. The summed E-state index contributed by atoms with van der Waals surface area (Å²) in [5.41, 5.74) is 12.2. The highest BCUT2D eigenvalue weighted by atomic mass is 79.9. The molecule has 0 fully saturated rings. The average molecular weight is 581 g/mol. The quantitative estimate of drug-likeness (QED) is 0.208. The highest BCUT2D eigenvalue weighted by Crippen LogP contribution is 2.62. The van der Waals surface area contributed by atoms with E-state index in [2.05, 4.69) is 130 Å². The van der Waals surface area contributed by atoms with Gasteiger partial charge in [-0.1, -0.05) is 80.2 Å². The second-order valence-electron chi connectivity index (χ2n) is 9.95. The minimum atomic E-state index is -0.481. The molecule has 0 unspecified atom stereocenters. The van der Waals surface area contributed by atoms with Gasteiger partial charge in [0.25, 0.3) is 0 Å². The summed E-state index contributed by atoms with van der Waals surface area (Å²) in [7, 11) is 0. The molecular weight excluding hydrogens is 554 g/mol. The molecule has 2 aromatic heterocycles. The van der Waals surface area contributed by atoms with Gasteiger partial charge >= 0.3 is 0 Å². The summed E-state index contributed by atoms with van der Waals surface area (Å²) in [4.78, 5) is 12.0. The van der Waals surface area contributed by atoms with Crippen LogP contribution in [0.2, 0.25) is 0 Å². The molecule has 3 nitrogen and oxygen atoms in total. The molecule has 1 spiro atoms. The number of nitrogens with zero attached hydrogens (tertiary/aromatic N) is 3. The van der Waals surface area contributed by atoms with Gasteiger partial charge in [0.05, 0.1) is 22.5 Å². The molecule has 8 rings (SSSR count). The Balaban J connectivity index is 0.00000264. The Morgan fingerprint density at radius 2 is 1.12 bits per heavy atom. The number of hydrogen-bond donors (Lipinski definition) is 0. The maximum Gasteiger partial charge on any atom is 0.0937 e. The number of hydrogen-bond acceptors (Lipinski definition) is 3. The van der Waals surface area contributed by atoms with Gasteiger partial charge in [-0.25, -0.2) is 0 Å². The fourth-order valence-electron chi connectivity index (χ4n) is 6.56. The van der Waals surface area contributed by atoms with Crippen LogP contribution in [0.4, 0.5) is 17.1 Å². The maximum absolute atomic E-state index is 4.85. The first kappa shape index (κ1) is 24.5. The molecule has 0 saturated carbocycles. The number of halogens is 1. The summed E-state index contributed by atoms with van der Waals surface area (Å²) >= 11 is 3.82. The third-order valence-electron chi connectivity index (χ3n) is 8.04. The maximum atomic E-state index is 4.85. The number of anilines is 3. The number of benzene rings is 4. The summed E-state index contributed by atoms with van der Waals surface area (Å²) in [6, 6.07) is 43.2. The van der Waals surface area contributed by atoms with E-state index in [9.17, 15) is 0 Å². The lowest BCUT2D eigenvalue weighted by Gasteiger charge is -2.32. The van der Waals surface area contributed by atoms with E-state index in [1.54, 1.807) is 0 Å². The van der Waals surface area contributed by atoms with Crippen LogP contribution < -0.4 is 4.90 Å². The van der Waals surface area contributed by atoms with Crippen molar-refractivity contribution >= 4 is 33.0 Å². The second kappa shape index (κ2) is 9.29. The third kappa shape index (κ3) is 3.23. The van der Waals surface area contributed by atoms with Crippen molar-refractivity contribution < 1.29 is 0 Å². The van der Waals surface area contributed by atoms with Crippen molar-refractivity contribution in [2.75, 3.05) is 4.90 Å². The molecule has 0 radical (unpaired) electrons. The summed E-state index contributed by atoms with van der Waals surface area (Å²) in [6.45, 7) is 0. The number of aromatic nitrogens is 2. The Labute approximate surface area is 243 Å². The zero-order chi connectivity index (χ0) is 26.0. The molecule has 2 heterocycles. The van der Waals surface area contributed by atoms with Gasteiger partial charge in [-0.2, -0.15) is 0 Å². The van der Waals surface area contributed by atoms with E-state index in [4.69, 9.17) is 9.97 Å². The fourth-order valence-corrected chi connectivity index (χ4v) is 7.02. The summed E-state index contributed by atoms with van der Waals surface area (Å²) < 4.78 is 1.04. The Morgan fingerprint density at radius 3 is 1.85 bits per heavy atom. The van der Waals surface area contributed by atoms with Crippen LogP contribution in [0.3, 0.4) is 0 Å². The van der Waals surface area contributed by atoms with E-state index in [1.807, 2.05) is 24.5 Å². The monoisotopic (exact) mass is 579 g/mol. The zero-order valence-corrected chi connectivity index (χ0v) is 22.5. The molecule has 0 amide bonds. The topological polar surface area (TPSA) is 29.0 Å². The van der Waals surface area contributed by atoms with E-state index in [0.717, 1.165) is 32.9 Å². The van der Waals surface area contributed by atoms with Gasteiger partial charge in [0, 0.05) is 28.2 Å². The molecule has 2 aliphatic carbocycles. The molecule has 0 saturated heterocycles. The van der Waals surface area contributed by atoms with Crippen LogP contribution in [0.5, 0.6) is 0 Å². The van der Waals surface area contributed by atoms with Crippen molar-refractivity contribution in [1.29, 1.82) is 0 Å². The van der Waals surface area contributed by atoms with Crippen molar-refractivity contribution in [1.82, 2.24) is 9.97 Å². The Morgan fingerprint density at radius 1 is 0.525 bits per heavy atom. The summed E-state index contributed by atoms with van der Waals surface area (Å²) in [6.07, 6.45) is 3.75. The highest BCUT2D eigenvalue weighted by molar-refractivity contribution is 9.10. The first-order valence-electron chi connectivity index (χ1n) is 13.0. The smallest absolute Gasteiger partial charge is 0.0937 e. The molecule has 192 valence electrons. The number of rotatable bonds is 3. The molecule has 6 aromatic rings. The van der Waals surface area contributed by atoms with Crippen LogP contribution in [0, 0.1) is 0 Å². The Bertz CT molecular complexity index is 1830. The van der Waals surface area contributed by atoms with Gasteiger partial charge in [0.15, 0.2) is 0 Å². The predicted molar refractivity (Wildman–Crippen MR) is 167 cm³/mol. The van der Waals surface area contributed by atoms with Crippen molar-refractivity contribution in [2.45, 2.75) is 12.8 Å². The predicted octanol–water partition coefficient (Wildman–Crippen LogP) is 9.69. The van der Waals surface area contributed by atoms with Gasteiger partial charge in [0.1, 0.15) is 0 Å². The molecule has 0 aliphatic heterocycles. The first-order valence-corrected chi connectivity index (χ1v) is 13.8. The molecule has 40 heavy (non-hydrogen) atoms. The van der Waals surface area contributed by atoms with Crippen LogP contribution in [0.15, 0.2) is 138 Å². The van der Waals surface area contributed by atoms with Crippen LogP contribution in [0.1, 0.15) is 29.7 Å². The average Bonchev–Trinajstić information content (AvgIpc) is 3.46. The fraction of sp³-hybridized carbons (Fsp3) is 0.0556. The van der Waals surface area contributed by atoms with Gasteiger partial charge < -0.3 is 4.90 Å². The number of fused-ring (bicyclic) bond motifs is 10. The van der Waals surface area contributed by atoms with Crippen LogP contribution in [-0.2, 0) is 5.41 Å². The minimum absolute atomic E-state index is 0. The Hall–Kier alpha value is -4.54. The van der Waals surface area contributed by atoms with Crippen molar-refractivity contribution in [3.8, 4) is 22.5 Å². The van der Waals surface area contributed by atoms with Crippen LogP contribution in [0.25, 0.3) is 22.5 Å². The lowest BCUT2D eigenvalue weighted by Crippen LogP contribution is -2.26. The van der Waals surface area contributed by atoms with Crippen LogP contribution >= 0.6 is 15.9 Å². The SMILES string of the molecule is Brc1ccccc1N(c1ccccc1)c1ccc2c(c1)C1(c3ccccc3-2)c2cccnc2-c2ncccc21.C. The second-order valence-corrected chi connectivity index (χ2v) is 10.8. The molecule has 0 bridgehead atoms. The molecular formula is C36H26BrN3. The van der Waals surface area contributed by atoms with Gasteiger partial charge in [-0.3, -0.25) is 9.97 Å². The first-order chi connectivity index (χ1) is 19.3. The van der Waals surface area contributed by atoms with Gasteiger partial charge in [-0.15, -0.1) is 0 Å². The van der Waals surface area contributed by atoms with E-state index in [-0.39, 0.29) is 7.43 Å². The molecule has 0 N–H and O–H groups in total. The lowest BCUT2D eigenvalue weighted by atomic mass is 9.71. The van der Waals surface area contributed by atoms with E-state index in [1.165, 1.54) is 33.4 Å². The Kier molecular flexibility index (Phi) is 5.69. The third-order valence-corrected chi connectivity index (χ3v) is 8.71. The van der Waals surface area contributed by atoms with E-state index < -0.39 is 5.41 Å². The summed E-state index contributed by atoms with van der Waals surface area (Å²) in [5.74, 6) is 0. The summed E-state index contributed by atoms with van der Waals surface area (Å²) in [5, 5.41) is 0. The molecule has 2 aliphatic rings. The molecule has 4 heteroatoms. The lowest BCUT2D eigenvalue weighted by molar-refractivity contribution is 0.789. The number of para-hydroxylation sites is 2. The van der Waals surface area contributed by atoms with Crippen LogP contribution in [-0.4, -0.2) is 9.97 Å². The van der Waals surface area contributed by atoms with Gasteiger partial charge in [0.2, 0.25) is 0 Å². The van der Waals surface area contributed by atoms with E-state index in [0.29, 0.717) is 0 Å². The van der Waals surface area contributed by atoms with E-state index >= 15 is 0 Å². The number of pyridine rings is 2. The largest absolute Gasteiger partial charge is 0.309 e. The van der Waals surface area contributed by atoms with Gasteiger partial charge in [-0.05, 0) is 97.8 Å². The molecule has 4 aromatic carbocycles. The minimum Gasteiger partial charge on any atom is -0.309 e. The van der Waals surface area contributed by atoms with Crippen molar-refractivity contribution in [2.24, 2.45) is 0 Å².